The van der Waals surface area contributed by atoms with Crippen LogP contribution in [-0.2, 0) is 9.53 Å². The van der Waals surface area contributed by atoms with Crippen molar-refractivity contribution in [3.05, 3.63) is 42.5 Å². The maximum Gasteiger partial charge on any atom is 0.220 e. The fourth-order valence-corrected chi connectivity index (χ4v) is 3.42. The summed E-state index contributed by atoms with van der Waals surface area (Å²) >= 11 is 0. The number of benzene rings is 2. The van der Waals surface area contributed by atoms with E-state index in [1.807, 2.05) is 24.3 Å². The van der Waals surface area contributed by atoms with E-state index in [1.165, 1.54) is 10.9 Å². The smallest absolute Gasteiger partial charge is 0.220 e. The van der Waals surface area contributed by atoms with Gasteiger partial charge in [-0.15, -0.1) is 15.0 Å². The summed E-state index contributed by atoms with van der Waals surface area (Å²) < 4.78 is 11.0. The number of rotatable bonds is 9. The molecule has 0 aliphatic carbocycles. The van der Waals surface area contributed by atoms with Gasteiger partial charge < -0.3 is 19.9 Å². The van der Waals surface area contributed by atoms with Crippen molar-refractivity contribution in [3.8, 4) is 17.2 Å². The number of nitrogens with one attached hydrogen (secondary N) is 1. The van der Waals surface area contributed by atoms with Crippen molar-refractivity contribution in [3.63, 3.8) is 0 Å². The molecule has 0 bridgehead atoms. The first kappa shape index (κ1) is 21.1. The predicted octanol–water partition coefficient (Wildman–Crippen LogP) is 1.73. The summed E-state index contributed by atoms with van der Waals surface area (Å²) in [5.41, 5.74) is 1.99. The van der Waals surface area contributed by atoms with Gasteiger partial charge in [-0.25, -0.2) is 0 Å². The summed E-state index contributed by atoms with van der Waals surface area (Å²) in [7, 11) is 0. The number of aromatic nitrogens is 3. The number of amides is 1. The normalized spacial score (nSPS) is 14.6. The number of phenolic OH excluding ortho intramolecular Hbond substituents is 1. The first-order valence-corrected chi connectivity index (χ1v) is 10.5. The molecule has 164 valence electrons. The maximum atomic E-state index is 12.0. The van der Waals surface area contributed by atoms with Gasteiger partial charge in [-0.05, 0) is 30.7 Å². The maximum absolute atomic E-state index is 12.0. The van der Waals surface area contributed by atoms with E-state index in [-0.39, 0.29) is 11.7 Å². The molecule has 3 aromatic rings. The van der Waals surface area contributed by atoms with Crippen molar-refractivity contribution in [1.82, 2.24) is 25.2 Å². The topological polar surface area (TPSA) is 102 Å². The first-order chi connectivity index (χ1) is 15.2. The van der Waals surface area contributed by atoms with Crippen LogP contribution in [0.15, 0.2) is 42.5 Å². The second kappa shape index (κ2) is 10.2. The second-order valence-corrected chi connectivity index (χ2v) is 7.38. The molecule has 0 saturated carbocycles. The zero-order valence-electron chi connectivity index (χ0n) is 17.4. The molecule has 2 heterocycles. The van der Waals surface area contributed by atoms with Gasteiger partial charge in [0.15, 0.2) is 0 Å². The van der Waals surface area contributed by atoms with Gasteiger partial charge in [0.1, 0.15) is 28.2 Å². The lowest BCUT2D eigenvalue weighted by molar-refractivity contribution is -0.121. The minimum atomic E-state index is 0.0203. The Hall–Kier alpha value is -3.17. The molecule has 31 heavy (non-hydrogen) atoms. The van der Waals surface area contributed by atoms with Gasteiger partial charge >= 0.3 is 0 Å². The minimum Gasteiger partial charge on any atom is -0.505 e. The Labute approximate surface area is 180 Å². The molecule has 1 fully saturated rings. The number of phenols is 1. The van der Waals surface area contributed by atoms with E-state index in [0.29, 0.717) is 37.4 Å². The first-order valence-electron chi connectivity index (χ1n) is 10.5. The van der Waals surface area contributed by atoms with Crippen LogP contribution in [0, 0.1) is 0 Å². The summed E-state index contributed by atoms with van der Waals surface area (Å²) in [5.74, 6) is 0.580. The second-order valence-electron chi connectivity index (χ2n) is 7.38. The van der Waals surface area contributed by atoms with Crippen LogP contribution in [0.2, 0.25) is 0 Å². The molecule has 1 saturated heterocycles. The molecule has 2 aromatic carbocycles. The molecule has 0 spiro atoms. The Kier molecular flexibility index (Phi) is 6.96. The number of carbonyl (C=O) groups is 1. The summed E-state index contributed by atoms with van der Waals surface area (Å²) in [6.07, 6.45) is 0.995. The van der Waals surface area contributed by atoms with Gasteiger partial charge in [0.25, 0.3) is 0 Å². The van der Waals surface area contributed by atoms with Crippen molar-refractivity contribution in [2.75, 3.05) is 46.0 Å². The molecule has 1 aliphatic heterocycles. The number of aromatic hydroxyl groups is 1. The number of fused-ring (bicyclic) bond motifs is 1. The molecule has 0 unspecified atom stereocenters. The van der Waals surface area contributed by atoms with Crippen LogP contribution in [0.4, 0.5) is 0 Å². The van der Waals surface area contributed by atoms with Gasteiger partial charge in [0.05, 0.1) is 19.8 Å². The lowest BCUT2D eigenvalue weighted by Crippen LogP contribution is -2.41. The lowest BCUT2D eigenvalue weighted by atomic mass is 10.2. The fourth-order valence-electron chi connectivity index (χ4n) is 3.42. The van der Waals surface area contributed by atoms with Crippen LogP contribution < -0.4 is 10.1 Å². The highest BCUT2D eigenvalue weighted by Gasteiger charge is 2.11. The highest BCUT2D eigenvalue weighted by Crippen LogP contribution is 2.26. The Morgan fingerprint density at radius 1 is 1.13 bits per heavy atom. The van der Waals surface area contributed by atoms with E-state index in [2.05, 4.69) is 20.4 Å². The zero-order chi connectivity index (χ0) is 21.5. The molecular weight excluding hydrogens is 398 g/mol. The number of hydrogen-bond donors (Lipinski definition) is 2. The van der Waals surface area contributed by atoms with Crippen LogP contribution in [0.1, 0.15) is 12.8 Å². The average Bonchev–Trinajstić information content (AvgIpc) is 3.21. The molecule has 2 N–H and O–H groups in total. The van der Waals surface area contributed by atoms with Crippen LogP contribution >= 0.6 is 0 Å². The Balaban J connectivity index is 1.19. The highest BCUT2D eigenvalue weighted by molar-refractivity contribution is 5.75. The molecule has 9 heteroatoms. The molecule has 9 nitrogen and oxygen atoms in total. The van der Waals surface area contributed by atoms with Gasteiger partial charge in [-0.3, -0.25) is 9.69 Å². The van der Waals surface area contributed by atoms with E-state index in [4.69, 9.17) is 9.47 Å². The molecule has 1 aliphatic rings. The van der Waals surface area contributed by atoms with Crippen molar-refractivity contribution in [2.45, 2.75) is 12.8 Å². The third kappa shape index (κ3) is 5.71. The molecule has 1 amide bonds. The van der Waals surface area contributed by atoms with E-state index in [9.17, 15) is 9.90 Å². The highest BCUT2D eigenvalue weighted by atomic mass is 16.5. The Morgan fingerprint density at radius 3 is 2.58 bits per heavy atom. The van der Waals surface area contributed by atoms with E-state index in [0.717, 1.165) is 43.9 Å². The number of carbonyl (C=O) groups excluding carboxylic acids is 1. The third-order valence-electron chi connectivity index (χ3n) is 5.12. The van der Waals surface area contributed by atoms with Crippen LogP contribution in [-0.4, -0.2) is 76.9 Å². The third-order valence-corrected chi connectivity index (χ3v) is 5.12. The Morgan fingerprint density at radius 2 is 1.87 bits per heavy atom. The summed E-state index contributed by atoms with van der Waals surface area (Å²) in [5, 5.41) is 22.1. The number of morpholine rings is 1. The monoisotopic (exact) mass is 425 g/mol. The SMILES string of the molecule is O=C(CCCOc1ccc(-n2nc3ccccc3n2)c(O)c1)NCCN1CCOCC1. The van der Waals surface area contributed by atoms with Crippen LogP contribution in [0.3, 0.4) is 0 Å². The molecule has 0 atom stereocenters. The lowest BCUT2D eigenvalue weighted by Gasteiger charge is -2.26. The van der Waals surface area contributed by atoms with Crippen molar-refractivity contribution in [1.29, 1.82) is 0 Å². The van der Waals surface area contributed by atoms with Gasteiger partial charge in [-0.1, -0.05) is 12.1 Å². The summed E-state index contributed by atoms with van der Waals surface area (Å²) in [6.45, 7) is 5.24. The van der Waals surface area contributed by atoms with Gasteiger partial charge in [-0.2, -0.15) is 0 Å². The summed E-state index contributed by atoms with van der Waals surface area (Å²) in [4.78, 5) is 15.6. The number of nitrogens with zero attached hydrogens (tertiary/aromatic N) is 4. The van der Waals surface area contributed by atoms with E-state index >= 15 is 0 Å². The Bertz CT molecular complexity index is 983. The van der Waals surface area contributed by atoms with Gasteiger partial charge in [0.2, 0.25) is 5.91 Å². The average molecular weight is 425 g/mol. The molecule has 0 radical (unpaired) electrons. The predicted molar refractivity (Wildman–Crippen MR) is 116 cm³/mol. The molecular formula is C22H27N5O4. The largest absolute Gasteiger partial charge is 0.505 e. The standard InChI is InChI=1S/C22H27N5O4/c28-21-16-17(7-8-20(21)27-24-18-4-1-2-5-19(18)25-27)31-13-3-6-22(29)23-9-10-26-11-14-30-15-12-26/h1-2,4-5,7-8,16,28H,3,6,9-15H2,(H,23,29). The zero-order valence-corrected chi connectivity index (χ0v) is 17.4. The van der Waals surface area contributed by atoms with E-state index < -0.39 is 0 Å². The molecule has 4 rings (SSSR count). The number of hydrogen-bond acceptors (Lipinski definition) is 7. The summed E-state index contributed by atoms with van der Waals surface area (Å²) in [6, 6.07) is 12.5. The van der Waals surface area contributed by atoms with Crippen molar-refractivity contribution >= 4 is 16.9 Å². The van der Waals surface area contributed by atoms with Crippen molar-refractivity contribution in [2.24, 2.45) is 0 Å². The van der Waals surface area contributed by atoms with E-state index in [1.54, 1.807) is 12.1 Å². The molecule has 1 aromatic heterocycles. The minimum absolute atomic E-state index is 0.0203. The fraction of sp³-hybridized carbons (Fsp3) is 0.409. The quantitative estimate of drug-likeness (QED) is 0.504. The van der Waals surface area contributed by atoms with Crippen molar-refractivity contribution < 1.29 is 19.4 Å². The van der Waals surface area contributed by atoms with Crippen LogP contribution in [0.25, 0.3) is 16.7 Å². The van der Waals surface area contributed by atoms with Gasteiger partial charge in [0, 0.05) is 38.7 Å². The van der Waals surface area contributed by atoms with Crippen LogP contribution in [0.5, 0.6) is 11.5 Å². The number of ether oxygens (including phenoxy) is 2.